The molecule has 0 saturated carbocycles. The largest absolute Gasteiger partial charge is 0.416 e. The predicted molar refractivity (Wildman–Crippen MR) is 63.0 cm³/mol. The second kappa shape index (κ2) is 5.35. The van der Waals surface area contributed by atoms with Crippen molar-refractivity contribution < 1.29 is 31.1 Å². The number of carbonyl (C=O) groups excluding carboxylic acids is 1. The fraction of sp³-hybridized carbons (Fsp3) is 0.167. The molecule has 0 unspecified atom stereocenters. The fourth-order valence-corrected chi connectivity index (χ4v) is 1.61. The summed E-state index contributed by atoms with van der Waals surface area (Å²) in [5, 5.41) is 7.89. The third-order valence-electron chi connectivity index (χ3n) is 2.60. The molecule has 0 aliphatic heterocycles. The summed E-state index contributed by atoms with van der Waals surface area (Å²) in [5.41, 5.74) is -3.88. The molecule has 2 aromatic rings. The lowest BCUT2D eigenvalue weighted by molar-refractivity contribution is -0.143. The minimum Gasteiger partial charge on any atom is -0.307 e. The van der Waals surface area contributed by atoms with Gasteiger partial charge in [-0.05, 0) is 18.2 Å². The van der Waals surface area contributed by atoms with Crippen LogP contribution in [0.4, 0.5) is 32.2 Å². The molecule has 22 heavy (non-hydrogen) atoms. The first-order chi connectivity index (χ1) is 10.1. The van der Waals surface area contributed by atoms with Crippen LogP contribution in [-0.4, -0.2) is 16.1 Å². The maximum Gasteiger partial charge on any atom is 0.416 e. The number of halogens is 6. The Balaban J connectivity index is 2.44. The highest BCUT2D eigenvalue weighted by Gasteiger charge is 2.37. The second-order valence-corrected chi connectivity index (χ2v) is 4.22. The molecule has 1 aromatic carbocycles. The van der Waals surface area contributed by atoms with Gasteiger partial charge in [0.05, 0.1) is 17.3 Å². The summed E-state index contributed by atoms with van der Waals surface area (Å²) in [7, 11) is 0. The maximum atomic E-state index is 12.7. The molecule has 0 bridgehead atoms. The van der Waals surface area contributed by atoms with Gasteiger partial charge in [-0.1, -0.05) is 0 Å². The molecule has 4 nitrogen and oxygen atoms in total. The standard InChI is InChI=1S/C12H7F6N3O/c13-11(14,15)7-3-6(4-8(5-7)12(16,17)18)10(22)20-9-1-2-19-21-9/h1-5H,(H2,19,20,21,22). The van der Waals surface area contributed by atoms with Gasteiger partial charge in [0.2, 0.25) is 0 Å². The summed E-state index contributed by atoms with van der Waals surface area (Å²) in [6.07, 6.45) is -8.77. The van der Waals surface area contributed by atoms with Gasteiger partial charge < -0.3 is 5.32 Å². The number of hydrogen-bond donors (Lipinski definition) is 2. The van der Waals surface area contributed by atoms with E-state index in [4.69, 9.17) is 0 Å². The van der Waals surface area contributed by atoms with Crippen molar-refractivity contribution in [1.82, 2.24) is 10.2 Å². The van der Waals surface area contributed by atoms with Crippen LogP contribution < -0.4 is 5.32 Å². The summed E-state index contributed by atoms with van der Waals surface area (Å²) >= 11 is 0. The van der Waals surface area contributed by atoms with E-state index in [1.165, 1.54) is 12.3 Å². The van der Waals surface area contributed by atoms with Crippen molar-refractivity contribution in [2.45, 2.75) is 12.4 Å². The van der Waals surface area contributed by atoms with Crippen molar-refractivity contribution in [1.29, 1.82) is 0 Å². The number of rotatable bonds is 2. The number of aromatic nitrogens is 2. The highest BCUT2D eigenvalue weighted by Crippen LogP contribution is 2.36. The molecule has 1 aromatic heterocycles. The Morgan fingerprint density at radius 1 is 1.00 bits per heavy atom. The Kier molecular flexibility index (Phi) is 3.86. The number of H-pyrrole nitrogens is 1. The number of carbonyl (C=O) groups is 1. The SMILES string of the molecule is O=C(Nc1ccn[nH]1)c1cc(C(F)(F)F)cc(C(F)(F)F)c1. The molecule has 0 saturated heterocycles. The Bertz CT molecular complexity index is 643. The van der Waals surface area contributed by atoms with Crippen LogP contribution >= 0.6 is 0 Å². The number of aromatic amines is 1. The first kappa shape index (κ1) is 15.9. The Hall–Kier alpha value is -2.52. The van der Waals surface area contributed by atoms with Gasteiger partial charge in [0.15, 0.2) is 0 Å². The maximum absolute atomic E-state index is 12.7. The van der Waals surface area contributed by atoms with E-state index in [1.54, 1.807) is 0 Å². The zero-order valence-corrected chi connectivity index (χ0v) is 10.5. The van der Waals surface area contributed by atoms with Gasteiger partial charge in [-0.15, -0.1) is 0 Å². The van der Waals surface area contributed by atoms with Crippen LogP contribution in [0.5, 0.6) is 0 Å². The lowest BCUT2D eigenvalue weighted by Crippen LogP contribution is -2.17. The van der Waals surface area contributed by atoms with Gasteiger partial charge in [0, 0.05) is 11.6 Å². The molecule has 0 atom stereocenters. The lowest BCUT2D eigenvalue weighted by Gasteiger charge is -2.13. The van der Waals surface area contributed by atoms with Crippen molar-refractivity contribution in [3.05, 3.63) is 47.2 Å². The molecule has 1 heterocycles. The summed E-state index contributed by atoms with van der Waals surface area (Å²) in [6, 6.07) is 1.94. The Morgan fingerprint density at radius 3 is 1.95 bits per heavy atom. The van der Waals surface area contributed by atoms with E-state index in [2.05, 4.69) is 15.5 Å². The number of hydrogen-bond acceptors (Lipinski definition) is 2. The number of amides is 1. The zero-order valence-electron chi connectivity index (χ0n) is 10.5. The van der Waals surface area contributed by atoms with Gasteiger partial charge in [-0.25, -0.2) is 0 Å². The van der Waals surface area contributed by atoms with Gasteiger partial charge in [0.25, 0.3) is 5.91 Å². The van der Waals surface area contributed by atoms with Crippen molar-refractivity contribution in [2.24, 2.45) is 0 Å². The number of anilines is 1. The smallest absolute Gasteiger partial charge is 0.307 e. The van der Waals surface area contributed by atoms with E-state index in [0.29, 0.717) is 12.1 Å². The van der Waals surface area contributed by atoms with E-state index in [-0.39, 0.29) is 11.9 Å². The summed E-state index contributed by atoms with van der Waals surface area (Å²) in [4.78, 5) is 11.8. The molecule has 0 fully saturated rings. The van der Waals surface area contributed by atoms with Crippen molar-refractivity contribution in [2.75, 3.05) is 5.32 Å². The monoisotopic (exact) mass is 323 g/mol. The molecular weight excluding hydrogens is 316 g/mol. The molecule has 0 aliphatic rings. The predicted octanol–water partition coefficient (Wildman–Crippen LogP) is 3.70. The first-order valence-corrected chi connectivity index (χ1v) is 5.67. The van der Waals surface area contributed by atoms with Gasteiger partial charge in [-0.3, -0.25) is 9.89 Å². The van der Waals surface area contributed by atoms with Crippen LogP contribution in [0, 0.1) is 0 Å². The van der Waals surface area contributed by atoms with Crippen LogP contribution in [0.3, 0.4) is 0 Å². The molecule has 118 valence electrons. The van der Waals surface area contributed by atoms with Gasteiger partial charge >= 0.3 is 12.4 Å². The van der Waals surface area contributed by atoms with Gasteiger partial charge in [0.1, 0.15) is 5.82 Å². The van der Waals surface area contributed by atoms with E-state index in [9.17, 15) is 31.1 Å². The van der Waals surface area contributed by atoms with Crippen molar-refractivity contribution in [3.63, 3.8) is 0 Å². The van der Waals surface area contributed by atoms with E-state index in [1.807, 2.05) is 0 Å². The number of nitrogens with one attached hydrogen (secondary N) is 2. The number of benzene rings is 1. The van der Waals surface area contributed by atoms with Crippen LogP contribution in [0.25, 0.3) is 0 Å². The average Bonchev–Trinajstić information content (AvgIpc) is 2.89. The van der Waals surface area contributed by atoms with Crippen molar-refractivity contribution in [3.8, 4) is 0 Å². The van der Waals surface area contributed by atoms with Crippen LogP contribution in [0.15, 0.2) is 30.5 Å². The topological polar surface area (TPSA) is 57.8 Å². The minimum absolute atomic E-state index is 0.0379. The normalized spacial score (nSPS) is 12.3. The molecular formula is C12H7F6N3O. The summed E-state index contributed by atoms with van der Waals surface area (Å²) in [6.45, 7) is 0. The van der Waals surface area contributed by atoms with Crippen LogP contribution in [0.1, 0.15) is 21.5 Å². The molecule has 1 amide bonds. The Morgan fingerprint density at radius 2 is 1.55 bits per heavy atom. The highest BCUT2D eigenvalue weighted by molar-refractivity contribution is 6.04. The zero-order chi connectivity index (χ0) is 16.5. The quantitative estimate of drug-likeness (QED) is 0.828. The average molecular weight is 323 g/mol. The minimum atomic E-state index is -5.01. The second-order valence-electron chi connectivity index (χ2n) is 4.22. The number of nitrogens with zero attached hydrogens (tertiary/aromatic N) is 1. The van der Waals surface area contributed by atoms with E-state index < -0.39 is 35.0 Å². The molecule has 0 spiro atoms. The van der Waals surface area contributed by atoms with Crippen LogP contribution in [-0.2, 0) is 12.4 Å². The summed E-state index contributed by atoms with van der Waals surface area (Å²) < 4.78 is 76.0. The fourth-order valence-electron chi connectivity index (χ4n) is 1.61. The number of alkyl halides is 6. The lowest BCUT2D eigenvalue weighted by atomic mass is 10.0. The molecule has 2 N–H and O–H groups in total. The third kappa shape index (κ3) is 3.57. The van der Waals surface area contributed by atoms with Crippen LogP contribution in [0.2, 0.25) is 0 Å². The molecule has 2 rings (SSSR count). The summed E-state index contributed by atoms with van der Waals surface area (Å²) in [5.74, 6) is -1.09. The molecule has 10 heteroatoms. The Labute approximate surface area is 119 Å². The third-order valence-corrected chi connectivity index (χ3v) is 2.60. The highest BCUT2D eigenvalue weighted by atomic mass is 19.4. The molecule has 0 aliphatic carbocycles. The van der Waals surface area contributed by atoms with Gasteiger partial charge in [-0.2, -0.15) is 31.4 Å². The van der Waals surface area contributed by atoms with E-state index >= 15 is 0 Å². The van der Waals surface area contributed by atoms with Crippen molar-refractivity contribution >= 4 is 11.7 Å². The first-order valence-electron chi connectivity index (χ1n) is 5.67. The van der Waals surface area contributed by atoms with E-state index in [0.717, 1.165) is 0 Å². The molecule has 0 radical (unpaired) electrons.